The summed E-state index contributed by atoms with van der Waals surface area (Å²) in [6.07, 6.45) is 2.62. The summed E-state index contributed by atoms with van der Waals surface area (Å²) in [5.41, 5.74) is 0. The topological polar surface area (TPSA) is 37.8 Å². The zero-order valence-corrected chi connectivity index (χ0v) is 8.57. The van der Waals surface area contributed by atoms with Crippen molar-refractivity contribution in [2.75, 3.05) is 11.9 Å². The molecule has 0 spiro atoms. The molecule has 2 heterocycles. The van der Waals surface area contributed by atoms with E-state index in [1.807, 2.05) is 0 Å². The lowest BCUT2D eigenvalue weighted by atomic mass is 10.3. The fourth-order valence-corrected chi connectivity index (χ4v) is 2.16. The summed E-state index contributed by atoms with van der Waals surface area (Å²) in [5.74, 6) is 0. The zero-order valence-electron chi connectivity index (χ0n) is 6.93. The second-order valence-electron chi connectivity index (χ2n) is 2.50. The minimum Gasteiger partial charge on any atom is -0.360 e. The van der Waals surface area contributed by atoms with Gasteiger partial charge in [0.05, 0.1) is 0 Å². The monoisotopic (exact) mass is 211 g/mol. The molecule has 68 valence electrons. The second-order valence-corrected chi connectivity index (χ2v) is 4.31. The van der Waals surface area contributed by atoms with Crippen LogP contribution in [0.4, 0.5) is 5.13 Å². The van der Waals surface area contributed by atoms with Crippen LogP contribution in [0.15, 0.2) is 23.8 Å². The van der Waals surface area contributed by atoms with Crippen molar-refractivity contribution in [2.45, 2.75) is 6.42 Å². The number of rotatable bonds is 4. The minimum atomic E-state index is 0.900. The van der Waals surface area contributed by atoms with Gasteiger partial charge in [-0.05, 0) is 17.9 Å². The molecule has 0 saturated carbocycles. The number of hydrogen-bond donors (Lipinski definition) is 1. The summed E-state index contributed by atoms with van der Waals surface area (Å²) >= 11 is 3.18. The molecular weight excluding hydrogens is 202 g/mol. The molecule has 0 fully saturated rings. The predicted molar refractivity (Wildman–Crippen MR) is 56.4 cm³/mol. The Kier molecular flexibility index (Phi) is 2.89. The Bertz CT molecular complexity index is 294. The highest BCUT2D eigenvalue weighted by Crippen LogP contribution is 2.10. The van der Waals surface area contributed by atoms with Crippen molar-refractivity contribution in [2.24, 2.45) is 0 Å². The molecule has 0 amide bonds. The average molecular weight is 211 g/mol. The van der Waals surface area contributed by atoms with E-state index in [1.54, 1.807) is 17.7 Å². The van der Waals surface area contributed by atoms with Crippen LogP contribution in [0.25, 0.3) is 0 Å². The first-order valence-corrected chi connectivity index (χ1v) is 5.63. The van der Waals surface area contributed by atoms with Crippen molar-refractivity contribution < 1.29 is 0 Å². The van der Waals surface area contributed by atoms with Crippen LogP contribution in [-0.4, -0.2) is 15.9 Å². The van der Waals surface area contributed by atoms with Gasteiger partial charge in [-0.3, -0.25) is 0 Å². The van der Waals surface area contributed by atoms with E-state index in [1.165, 1.54) is 16.4 Å². The second kappa shape index (κ2) is 4.34. The van der Waals surface area contributed by atoms with Crippen molar-refractivity contribution in [1.82, 2.24) is 9.36 Å². The Hall–Kier alpha value is -0.940. The molecule has 13 heavy (non-hydrogen) atoms. The van der Waals surface area contributed by atoms with Gasteiger partial charge in [0.15, 0.2) is 0 Å². The lowest BCUT2D eigenvalue weighted by Gasteiger charge is -1.98. The van der Waals surface area contributed by atoms with Gasteiger partial charge in [0, 0.05) is 23.0 Å². The first kappa shape index (κ1) is 8.65. The molecule has 0 bridgehead atoms. The highest BCUT2D eigenvalue weighted by atomic mass is 32.1. The third-order valence-electron chi connectivity index (χ3n) is 1.59. The van der Waals surface area contributed by atoms with Crippen molar-refractivity contribution >= 4 is 28.0 Å². The number of nitrogens with one attached hydrogen (secondary N) is 1. The fraction of sp³-hybridized carbons (Fsp3) is 0.250. The van der Waals surface area contributed by atoms with Crippen molar-refractivity contribution in [1.29, 1.82) is 0 Å². The molecule has 0 unspecified atom stereocenters. The van der Waals surface area contributed by atoms with E-state index in [-0.39, 0.29) is 0 Å². The van der Waals surface area contributed by atoms with E-state index in [2.05, 4.69) is 32.2 Å². The Labute approximate surface area is 84.6 Å². The van der Waals surface area contributed by atoms with Gasteiger partial charge in [0.1, 0.15) is 6.33 Å². The number of nitrogens with zero attached hydrogens (tertiary/aromatic N) is 2. The van der Waals surface area contributed by atoms with E-state index in [0.717, 1.165) is 18.1 Å². The molecule has 2 aromatic heterocycles. The molecule has 5 heteroatoms. The summed E-state index contributed by atoms with van der Waals surface area (Å²) in [6, 6.07) is 4.22. The first-order valence-electron chi connectivity index (χ1n) is 3.98. The number of hydrogen-bond acceptors (Lipinski definition) is 5. The number of thiophene rings is 1. The zero-order chi connectivity index (χ0) is 8.93. The molecule has 0 aliphatic heterocycles. The molecule has 3 nitrogen and oxygen atoms in total. The third-order valence-corrected chi connectivity index (χ3v) is 3.15. The highest BCUT2D eigenvalue weighted by Gasteiger charge is 1.95. The maximum atomic E-state index is 4.03. The van der Waals surface area contributed by atoms with Crippen LogP contribution in [0, 0.1) is 0 Å². The molecule has 0 aliphatic rings. The van der Waals surface area contributed by atoms with Crippen molar-refractivity contribution in [3.63, 3.8) is 0 Å². The lowest BCUT2D eigenvalue weighted by Crippen LogP contribution is -2.02. The van der Waals surface area contributed by atoms with Crippen LogP contribution in [0.2, 0.25) is 0 Å². The van der Waals surface area contributed by atoms with Gasteiger partial charge in [-0.25, -0.2) is 4.98 Å². The predicted octanol–water partition coefficient (Wildman–Crippen LogP) is 2.25. The first-order chi connectivity index (χ1) is 6.45. The number of anilines is 1. The van der Waals surface area contributed by atoms with E-state index < -0.39 is 0 Å². The Balaban J connectivity index is 1.76. The van der Waals surface area contributed by atoms with Gasteiger partial charge >= 0.3 is 0 Å². The van der Waals surface area contributed by atoms with Crippen LogP contribution in [-0.2, 0) is 6.42 Å². The Morgan fingerprint density at radius 3 is 3.15 bits per heavy atom. The maximum absolute atomic E-state index is 4.03. The molecule has 0 aromatic carbocycles. The summed E-state index contributed by atoms with van der Waals surface area (Å²) in [4.78, 5) is 5.43. The summed E-state index contributed by atoms with van der Waals surface area (Å²) in [5, 5.41) is 6.21. The fourth-order valence-electron chi connectivity index (χ4n) is 0.998. The highest BCUT2D eigenvalue weighted by molar-refractivity contribution is 7.10. The normalized spacial score (nSPS) is 10.2. The van der Waals surface area contributed by atoms with Crippen LogP contribution in [0.3, 0.4) is 0 Å². The molecule has 2 rings (SSSR count). The van der Waals surface area contributed by atoms with Gasteiger partial charge in [0.2, 0.25) is 5.13 Å². The van der Waals surface area contributed by atoms with E-state index >= 15 is 0 Å². The largest absolute Gasteiger partial charge is 0.360 e. The Morgan fingerprint density at radius 2 is 2.46 bits per heavy atom. The Morgan fingerprint density at radius 1 is 1.46 bits per heavy atom. The molecule has 0 aliphatic carbocycles. The van der Waals surface area contributed by atoms with E-state index in [0.29, 0.717) is 0 Å². The van der Waals surface area contributed by atoms with Crippen LogP contribution >= 0.6 is 22.9 Å². The van der Waals surface area contributed by atoms with Crippen molar-refractivity contribution in [3.05, 3.63) is 28.7 Å². The molecule has 1 N–H and O–H groups in total. The summed E-state index contributed by atoms with van der Waals surface area (Å²) in [7, 11) is 0. The lowest BCUT2D eigenvalue weighted by molar-refractivity contribution is 1.04. The molecule has 0 radical (unpaired) electrons. The minimum absolute atomic E-state index is 0.900. The van der Waals surface area contributed by atoms with Crippen LogP contribution in [0.5, 0.6) is 0 Å². The van der Waals surface area contributed by atoms with Crippen molar-refractivity contribution in [3.8, 4) is 0 Å². The third kappa shape index (κ3) is 2.50. The van der Waals surface area contributed by atoms with Gasteiger partial charge in [-0.1, -0.05) is 6.07 Å². The average Bonchev–Trinajstić information content (AvgIpc) is 2.75. The van der Waals surface area contributed by atoms with Gasteiger partial charge < -0.3 is 5.32 Å². The van der Waals surface area contributed by atoms with Crippen LogP contribution in [0.1, 0.15) is 4.88 Å². The quantitative estimate of drug-likeness (QED) is 0.843. The maximum Gasteiger partial charge on any atom is 0.202 e. The van der Waals surface area contributed by atoms with E-state index in [9.17, 15) is 0 Å². The summed E-state index contributed by atoms with van der Waals surface area (Å²) in [6.45, 7) is 0.926. The smallest absolute Gasteiger partial charge is 0.202 e. The van der Waals surface area contributed by atoms with Gasteiger partial charge in [-0.2, -0.15) is 4.37 Å². The molecule has 2 aromatic rings. The SMILES string of the molecule is c1csc(CCNc2ncns2)c1. The molecule has 0 atom stereocenters. The van der Waals surface area contributed by atoms with Crippen LogP contribution < -0.4 is 5.32 Å². The van der Waals surface area contributed by atoms with Gasteiger partial charge in [0.25, 0.3) is 0 Å². The molecular formula is C8H9N3S2. The molecule has 0 saturated heterocycles. The van der Waals surface area contributed by atoms with Gasteiger partial charge in [-0.15, -0.1) is 11.3 Å². The standard InChI is InChI=1S/C8H9N3S2/c1-2-7(12-5-1)3-4-9-8-10-6-11-13-8/h1-2,5-6H,3-4H2,(H,9,10,11). The van der Waals surface area contributed by atoms with E-state index in [4.69, 9.17) is 0 Å². The number of aromatic nitrogens is 2. The summed E-state index contributed by atoms with van der Waals surface area (Å²) < 4.78 is 3.91.